The molecule has 1 aliphatic heterocycles. The van der Waals surface area contributed by atoms with Crippen molar-refractivity contribution in [2.75, 3.05) is 13.2 Å². The Bertz CT molecular complexity index is 387. The monoisotopic (exact) mass is 254 g/mol. The summed E-state index contributed by atoms with van der Waals surface area (Å²) < 4.78 is 24.6. The minimum atomic E-state index is -0.805. The van der Waals surface area contributed by atoms with Crippen molar-refractivity contribution in [3.8, 4) is 5.75 Å². The first-order valence-corrected chi connectivity index (χ1v) is 6.38. The van der Waals surface area contributed by atoms with E-state index in [1.54, 1.807) is 12.1 Å². The lowest BCUT2D eigenvalue weighted by molar-refractivity contribution is -0.0111. The zero-order valence-corrected chi connectivity index (χ0v) is 10.6. The molecule has 1 aromatic rings. The van der Waals surface area contributed by atoms with E-state index in [1.165, 1.54) is 13.0 Å². The van der Waals surface area contributed by atoms with Crippen LogP contribution in [0.4, 0.5) is 4.39 Å². The smallest absolute Gasteiger partial charge is 0.132 e. The molecule has 0 radical (unpaired) electrons. The molecule has 1 saturated heterocycles. The van der Waals surface area contributed by atoms with Gasteiger partial charge in [0, 0.05) is 18.2 Å². The van der Waals surface area contributed by atoms with Gasteiger partial charge in [-0.2, -0.15) is 0 Å². The van der Waals surface area contributed by atoms with Gasteiger partial charge in [0.15, 0.2) is 0 Å². The number of ether oxygens (including phenoxy) is 2. The second-order valence-corrected chi connectivity index (χ2v) is 4.66. The van der Waals surface area contributed by atoms with Crippen LogP contribution >= 0.6 is 0 Å². The van der Waals surface area contributed by atoms with Crippen LogP contribution in [0.25, 0.3) is 0 Å². The second-order valence-electron chi connectivity index (χ2n) is 4.66. The highest BCUT2D eigenvalue weighted by molar-refractivity contribution is 5.30. The number of hydrogen-bond donors (Lipinski definition) is 1. The van der Waals surface area contributed by atoms with E-state index < -0.39 is 11.9 Å². The van der Waals surface area contributed by atoms with E-state index in [4.69, 9.17) is 9.47 Å². The first-order chi connectivity index (χ1) is 8.66. The summed E-state index contributed by atoms with van der Waals surface area (Å²) in [4.78, 5) is 0. The number of aliphatic hydroxyl groups excluding tert-OH is 1. The predicted molar refractivity (Wildman–Crippen MR) is 66.1 cm³/mol. The summed E-state index contributed by atoms with van der Waals surface area (Å²) in [5.41, 5.74) is 0.288. The number of halogens is 1. The minimum absolute atomic E-state index is 0.109. The molecular weight excluding hydrogens is 235 g/mol. The third kappa shape index (κ3) is 3.43. The Morgan fingerprint density at radius 3 is 2.94 bits per heavy atom. The van der Waals surface area contributed by atoms with Gasteiger partial charge < -0.3 is 14.6 Å². The van der Waals surface area contributed by atoms with Crippen LogP contribution in [-0.2, 0) is 4.74 Å². The summed E-state index contributed by atoms with van der Waals surface area (Å²) in [5, 5.41) is 9.33. The van der Waals surface area contributed by atoms with E-state index >= 15 is 0 Å². The van der Waals surface area contributed by atoms with Crippen molar-refractivity contribution in [3.63, 3.8) is 0 Å². The Morgan fingerprint density at radius 2 is 2.33 bits per heavy atom. The number of hydrogen-bond acceptors (Lipinski definition) is 3. The molecule has 0 aromatic heterocycles. The summed E-state index contributed by atoms with van der Waals surface area (Å²) >= 11 is 0. The first kappa shape index (κ1) is 13.3. The van der Waals surface area contributed by atoms with Crippen LogP contribution in [0.2, 0.25) is 0 Å². The van der Waals surface area contributed by atoms with Gasteiger partial charge in [-0.1, -0.05) is 0 Å². The van der Waals surface area contributed by atoms with Gasteiger partial charge in [-0.05, 0) is 38.3 Å². The Labute approximate surface area is 107 Å². The highest BCUT2D eigenvalue weighted by Crippen LogP contribution is 2.22. The van der Waals surface area contributed by atoms with Gasteiger partial charge in [0.05, 0.1) is 12.2 Å². The second kappa shape index (κ2) is 6.16. The fraction of sp³-hybridized carbons (Fsp3) is 0.571. The van der Waals surface area contributed by atoms with Crippen LogP contribution in [0.5, 0.6) is 5.75 Å². The van der Waals surface area contributed by atoms with Gasteiger partial charge in [-0.25, -0.2) is 4.39 Å². The maximum atomic E-state index is 13.6. The fourth-order valence-electron chi connectivity index (χ4n) is 2.06. The van der Waals surface area contributed by atoms with Crippen LogP contribution in [0.1, 0.15) is 37.9 Å². The Balaban J connectivity index is 1.91. The predicted octanol–water partition coefficient (Wildman–Crippen LogP) is 2.83. The molecule has 0 bridgehead atoms. The van der Waals surface area contributed by atoms with Crippen LogP contribution < -0.4 is 4.74 Å². The minimum Gasteiger partial charge on any atom is -0.491 e. The lowest BCUT2D eigenvalue weighted by Crippen LogP contribution is -2.25. The molecule has 18 heavy (non-hydrogen) atoms. The summed E-state index contributed by atoms with van der Waals surface area (Å²) in [6.45, 7) is 2.77. The standard InChI is InChI=1S/C14H19FO3/c1-10(16)13-6-5-11(8-14(13)15)18-9-12-4-2-3-7-17-12/h5-6,8,10,12,16H,2-4,7,9H2,1H3/t10-,12?/m1/s1. The maximum absolute atomic E-state index is 13.6. The first-order valence-electron chi connectivity index (χ1n) is 6.38. The Hall–Kier alpha value is -1.13. The third-order valence-corrected chi connectivity index (χ3v) is 3.13. The number of benzene rings is 1. The molecule has 1 fully saturated rings. The zero-order chi connectivity index (χ0) is 13.0. The molecule has 3 nitrogen and oxygen atoms in total. The normalized spacial score (nSPS) is 21.6. The Kier molecular flexibility index (Phi) is 4.55. The van der Waals surface area contributed by atoms with Crippen LogP contribution in [-0.4, -0.2) is 24.4 Å². The van der Waals surface area contributed by atoms with Crippen LogP contribution in [0.15, 0.2) is 18.2 Å². The van der Waals surface area contributed by atoms with Crippen molar-refractivity contribution in [1.82, 2.24) is 0 Å². The van der Waals surface area contributed by atoms with E-state index in [-0.39, 0.29) is 11.7 Å². The van der Waals surface area contributed by atoms with E-state index in [0.717, 1.165) is 25.9 Å². The number of aliphatic hydroxyl groups is 1. The van der Waals surface area contributed by atoms with Gasteiger partial charge in [0.2, 0.25) is 0 Å². The molecule has 0 saturated carbocycles. The molecule has 2 atom stereocenters. The van der Waals surface area contributed by atoms with Crippen LogP contribution in [0, 0.1) is 5.82 Å². The van der Waals surface area contributed by atoms with Crippen molar-refractivity contribution >= 4 is 0 Å². The van der Waals surface area contributed by atoms with Gasteiger partial charge in [0.25, 0.3) is 0 Å². The molecule has 1 N–H and O–H groups in total. The lowest BCUT2D eigenvalue weighted by atomic mass is 10.1. The van der Waals surface area contributed by atoms with E-state index in [0.29, 0.717) is 12.4 Å². The van der Waals surface area contributed by atoms with Crippen molar-refractivity contribution in [3.05, 3.63) is 29.6 Å². The molecule has 2 rings (SSSR count). The molecule has 0 spiro atoms. The SMILES string of the molecule is C[C@@H](O)c1ccc(OCC2CCCCO2)cc1F. The quantitative estimate of drug-likeness (QED) is 0.898. The Morgan fingerprint density at radius 1 is 1.50 bits per heavy atom. The highest BCUT2D eigenvalue weighted by Gasteiger charge is 2.15. The molecule has 1 aromatic carbocycles. The van der Waals surface area contributed by atoms with Gasteiger partial charge in [0.1, 0.15) is 18.2 Å². The molecule has 0 aliphatic carbocycles. The molecule has 1 unspecified atom stereocenters. The summed E-state index contributed by atoms with van der Waals surface area (Å²) in [7, 11) is 0. The molecule has 1 aliphatic rings. The van der Waals surface area contributed by atoms with Crippen molar-refractivity contribution < 1.29 is 19.0 Å². The van der Waals surface area contributed by atoms with Crippen molar-refractivity contribution in [1.29, 1.82) is 0 Å². The van der Waals surface area contributed by atoms with Crippen molar-refractivity contribution in [2.45, 2.75) is 38.4 Å². The topological polar surface area (TPSA) is 38.7 Å². The molecular formula is C14H19FO3. The average Bonchev–Trinajstić information content (AvgIpc) is 2.37. The van der Waals surface area contributed by atoms with Gasteiger partial charge in [-0.3, -0.25) is 0 Å². The molecule has 0 amide bonds. The average molecular weight is 254 g/mol. The summed E-state index contributed by atoms with van der Waals surface area (Å²) in [6, 6.07) is 4.54. The molecule has 4 heteroatoms. The van der Waals surface area contributed by atoms with E-state index in [2.05, 4.69) is 0 Å². The van der Waals surface area contributed by atoms with Crippen LogP contribution in [0.3, 0.4) is 0 Å². The van der Waals surface area contributed by atoms with E-state index in [9.17, 15) is 9.50 Å². The fourth-order valence-corrected chi connectivity index (χ4v) is 2.06. The summed E-state index contributed by atoms with van der Waals surface area (Å²) in [6.07, 6.45) is 2.56. The molecule has 1 heterocycles. The van der Waals surface area contributed by atoms with Gasteiger partial charge in [-0.15, -0.1) is 0 Å². The zero-order valence-electron chi connectivity index (χ0n) is 10.6. The maximum Gasteiger partial charge on any atom is 0.132 e. The third-order valence-electron chi connectivity index (χ3n) is 3.13. The lowest BCUT2D eigenvalue weighted by Gasteiger charge is -2.22. The van der Waals surface area contributed by atoms with E-state index in [1.807, 2.05) is 0 Å². The highest BCUT2D eigenvalue weighted by atomic mass is 19.1. The molecule has 100 valence electrons. The summed E-state index contributed by atoms with van der Waals surface area (Å²) in [5.74, 6) is 0.0399. The van der Waals surface area contributed by atoms with Crippen molar-refractivity contribution in [2.24, 2.45) is 0 Å². The number of rotatable bonds is 4. The van der Waals surface area contributed by atoms with Gasteiger partial charge >= 0.3 is 0 Å². The largest absolute Gasteiger partial charge is 0.491 e.